The van der Waals surface area contributed by atoms with E-state index in [2.05, 4.69) is 43.5 Å². The molecule has 2 atom stereocenters. The van der Waals surface area contributed by atoms with Crippen molar-refractivity contribution in [3.05, 3.63) is 24.3 Å². The zero-order valence-electron chi connectivity index (χ0n) is 57.9. The van der Waals surface area contributed by atoms with Crippen molar-refractivity contribution in [2.75, 3.05) is 13.2 Å². The molecular weight excluding hydrogens is 1040 g/mol. The first-order chi connectivity index (χ1) is 42.0. The lowest BCUT2D eigenvalue weighted by Crippen LogP contribution is -2.45. The minimum Gasteiger partial charge on any atom is -0.466 e. The lowest BCUT2D eigenvalue weighted by atomic mass is 10.0. The highest BCUT2D eigenvalue weighted by Gasteiger charge is 2.20. The summed E-state index contributed by atoms with van der Waals surface area (Å²) in [6.07, 6.45) is 95.5. The molecule has 0 aromatic rings. The van der Waals surface area contributed by atoms with E-state index in [1.165, 1.54) is 366 Å². The van der Waals surface area contributed by atoms with Crippen LogP contribution in [0.15, 0.2) is 24.3 Å². The number of esters is 1. The minimum absolute atomic E-state index is 0.0206. The van der Waals surface area contributed by atoms with Crippen LogP contribution in [0.2, 0.25) is 0 Å². The molecule has 0 heterocycles. The van der Waals surface area contributed by atoms with Crippen LogP contribution in [0.1, 0.15) is 444 Å². The van der Waals surface area contributed by atoms with Gasteiger partial charge in [0.15, 0.2) is 0 Å². The van der Waals surface area contributed by atoms with E-state index in [0.717, 1.165) is 44.9 Å². The number of carbonyl (C=O) groups excluding carboxylic acids is 2. The van der Waals surface area contributed by atoms with Crippen LogP contribution in [0.3, 0.4) is 0 Å². The lowest BCUT2D eigenvalue weighted by Gasteiger charge is -2.22. The van der Waals surface area contributed by atoms with Crippen LogP contribution in [0.5, 0.6) is 0 Å². The Morgan fingerprint density at radius 3 is 0.894 bits per heavy atom. The van der Waals surface area contributed by atoms with Crippen LogP contribution >= 0.6 is 0 Å². The molecule has 85 heavy (non-hydrogen) atoms. The van der Waals surface area contributed by atoms with Crippen LogP contribution in [-0.4, -0.2) is 47.4 Å². The van der Waals surface area contributed by atoms with Gasteiger partial charge < -0.3 is 20.3 Å². The third kappa shape index (κ3) is 71.3. The summed E-state index contributed by atoms with van der Waals surface area (Å²) in [5.74, 6) is -0.00753. The number of ether oxygens (including phenoxy) is 1. The van der Waals surface area contributed by atoms with Gasteiger partial charge in [-0.05, 0) is 57.8 Å². The van der Waals surface area contributed by atoms with Crippen molar-refractivity contribution in [2.24, 2.45) is 0 Å². The summed E-state index contributed by atoms with van der Waals surface area (Å²) < 4.78 is 5.50. The summed E-state index contributed by atoms with van der Waals surface area (Å²) in [5, 5.41) is 23.4. The second kappa shape index (κ2) is 74.8. The van der Waals surface area contributed by atoms with E-state index in [-0.39, 0.29) is 18.5 Å². The number of hydrogen-bond donors (Lipinski definition) is 3. The monoisotopic (exact) mass is 1200 g/mol. The first-order valence-corrected chi connectivity index (χ1v) is 39.1. The molecule has 2 unspecified atom stereocenters. The van der Waals surface area contributed by atoms with Gasteiger partial charge in [-0.15, -0.1) is 0 Å². The van der Waals surface area contributed by atoms with E-state index in [9.17, 15) is 19.8 Å². The summed E-state index contributed by atoms with van der Waals surface area (Å²) in [6.45, 7) is 5.00. The summed E-state index contributed by atoms with van der Waals surface area (Å²) in [7, 11) is 0. The Labute approximate surface area is 532 Å². The molecule has 6 heteroatoms. The second-order valence-corrected chi connectivity index (χ2v) is 27.0. The molecule has 0 aromatic carbocycles. The van der Waals surface area contributed by atoms with Crippen LogP contribution < -0.4 is 5.32 Å². The van der Waals surface area contributed by atoms with E-state index in [4.69, 9.17) is 4.74 Å². The molecule has 0 radical (unpaired) electrons. The van der Waals surface area contributed by atoms with Gasteiger partial charge in [-0.25, -0.2) is 0 Å². The SMILES string of the molecule is CCCCCCCCCCCCCCCCCCCCC(O)C(CO)NC(=O)CCCCCCCCCCCCCCCCCCC/C=C\C/C=C\CCCCCCCCCCCCCOC(=O)CCCCCCCCCCCCCCCCC. The topological polar surface area (TPSA) is 95.9 Å². The van der Waals surface area contributed by atoms with E-state index in [1.807, 2.05) is 0 Å². The van der Waals surface area contributed by atoms with E-state index in [0.29, 0.717) is 25.9 Å². The normalized spacial score (nSPS) is 12.6. The Morgan fingerprint density at radius 1 is 0.329 bits per heavy atom. The fourth-order valence-corrected chi connectivity index (χ4v) is 12.6. The van der Waals surface area contributed by atoms with Crippen molar-refractivity contribution in [3.63, 3.8) is 0 Å². The van der Waals surface area contributed by atoms with Gasteiger partial charge in [-0.2, -0.15) is 0 Å². The number of allylic oxidation sites excluding steroid dienone is 4. The van der Waals surface area contributed by atoms with E-state index >= 15 is 0 Å². The largest absolute Gasteiger partial charge is 0.466 e. The van der Waals surface area contributed by atoms with Gasteiger partial charge in [-0.3, -0.25) is 9.59 Å². The number of carbonyl (C=O) groups is 2. The molecular formula is C79H153NO5. The second-order valence-electron chi connectivity index (χ2n) is 27.0. The molecule has 0 aliphatic rings. The van der Waals surface area contributed by atoms with Gasteiger partial charge >= 0.3 is 5.97 Å². The van der Waals surface area contributed by atoms with Crippen molar-refractivity contribution in [1.82, 2.24) is 5.32 Å². The first kappa shape index (κ1) is 83.3. The van der Waals surface area contributed by atoms with Crippen LogP contribution in [-0.2, 0) is 14.3 Å². The van der Waals surface area contributed by atoms with E-state index < -0.39 is 12.1 Å². The van der Waals surface area contributed by atoms with Crippen molar-refractivity contribution < 1.29 is 24.5 Å². The summed E-state index contributed by atoms with van der Waals surface area (Å²) in [4.78, 5) is 24.6. The number of aliphatic hydroxyl groups excluding tert-OH is 2. The zero-order chi connectivity index (χ0) is 61.3. The van der Waals surface area contributed by atoms with Crippen molar-refractivity contribution in [2.45, 2.75) is 456 Å². The number of aliphatic hydroxyl groups is 2. The van der Waals surface area contributed by atoms with Gasteiger partial charge in [0.1, 0.15) is 0 Å². The standard InChI is InChI=1S/C79H153NO5/c1-3-5-7-9-11-13-15-17-19-20-40-44-47-51-55-59-63-67-71-77(82)76(75-81)80-78(83)72-68-64-60-56-52-48-45-41-38-36-34-32-30-28-26-24-22-21-23-25-27-29-31-33-35-37-39-42-46-50-54-58-62-66-70-74-85-79(84)73-69-65-61-57-53-49-43-18-16-14-12-10-8-6-4-2/h23,25,29,31,76-77,81-82H,3-22,24,26-28,30,32-75H2,1-2H3,(H,80,83)/b25-23-,31-29-. The molecule has 0 saturated heterocycles. The molecule has 0 bridgehead atoms. The van der Waals surface area contributed by atoms with Crippen molar-refractivity contribution >= 4 is 11.9 Å². The average molecular weight is 1200 g/mol. The molecule has 3 N–H and O–H groups in total. The Balaban J connectivity index is 3.36. The van der Waals surface area contributed by atoms with Gasteiger partial charge in [0.2, 0.25) is 5.91 Å². The molecule has 1 amide bonds. The Kier molecular flexibility index (Phi) is 73.3. The highest BCUT2D eigenvalue weighted by atomic mass is 16.5. The molecule has 0 aromatic heterocycles. The molecule has 0 spiro atoms. The Bertz CT molecular complexity index is 1330. The Hall–Kier alpha value is -1.66. The van der Waals surface area contributed by atoms with Crippen LogP contribution in [0, 0.1) is 0 Å². The van der Waals surface area contributed by atoms with Crippen LogP contribution in [0.25, 0.3) is 0 Å². The highest BCUT2D eigenvalue weighted by Crippen LogP contribution is 2.20. The predicted molar refractivity (Wildman–Crippen MR) is 375 cm³/mol. The predicted octanol–water partition coefficient (Wildman–Crippen LogP) is 25.7. The summed E-state index contributed by atoms with van der Waals surface area (Å²) in [5.41, 5.74) is 0. The Morgan fingerprint density at radius 2 is 0.588 bits per heavy atom. The number of nitrogens with one attached hydrogen (secondary N) is 1. The summed E-state index contributed by atoms with van der Waals surface area (Å²) in [6, 6.07) is -0.540. The van der Waals surface area contributed by atoms with Gasteiger partial charge in [0.05, 0.1) is 25.4 Å². The number of unbranched alkanes of at least 4 members (excludes halogenated alkanes) is 59. The maximum atomic E-state index is 12.5. The molecule has 504 valence electrons. The van der Waals surface area contributed by atoms with E-state index in [1.54, 1.807) is 0 Å². The maximum Gasteiger partial charge on any atom is 0.305 e. The number of amides is 1. The van der Waals surface area contributed by atoms with Crippen molar-refractivity contribution in [3.8, 4) is 0 Å². The average Bonchev–Trinajstić information content (AvgIpc) is 3.54. The molecule has 0 aliphatic carbocycles. The molecule has 6 nitrogen and oxygen atoms in total. The van der Waals surface area contributed by atoms with Gasteiger partial charge in [0, 0.05) is 12.8 Å². The fraction of sp³-hybridized carbons (Fsp3) is 0.924. The highest BCUT2D eigenvalue weighted by molar-refractivity contribution is 5.76. The smallest absolute Gasteiger partial charge is 0.305 e. The third-order valence-corrected chi connectivity index (χ3v) is 18.5. The van der Waals surface area contributed by atoms with Gasteiger partial charge in [0.25, 0.3) is 0 Å². The summed E-state index contributed by atoms with van der Waals surface area (Å²) >= 11 is 0. The zero-order valence-corrected chi connectivity index (χ0v) is 57.9. The molecule has 0 saturated carbocycles. The first-order valence-electron chi connectivity index (χ1n) is 39.1. The maximum absolute atomic E-state index is 12.5. The lowest BCUT2D eigenvalue weighted by molar-refractivity contribution is -0.143. The quantitative estimate of drug-likeness (QED) is 0.0320. The molecule has 0 rings (SSSR count). The number of hydrogen-bond acceptors (Lipinski definition) is 5. The van der Waals surface area contributed by atoms with Crippen molar-refractivity contribution in [1.29, 1.82) is 0 Å². The van der Waals surface area contributed by atoms with Gasteiger partial charge in [-0.1, -0.05) is 398 Å². The number of rotatable bonds is 74. The molecule has 0 aliphatic heterocycles. The van der Waals surface area contributed by atoms with Crippen LogP contribution in [0.4, 0.5) is 0 Å². The fourth-order valence-electron chi connectivity index (χ4n) is 12.6. The molecule has 0 fully saturated rings. The third-order valence-electron chi connectivity index (χ3n) is 18.5. The minimum atomic E-state index is -0.663.